The second-order valence-electron chi connectivity index (χ2n) is 3.23. The lowest BCUT2D eigenvalue weighted by atomic mass is 10.1. The van der Waals surface area contributed by atoms with Crippen LogP contribution < -0.4 is 4.74 Å². The Balaban J connectivity index is 2.38. The predicted octanol–water partition coefficient (Wildman–Crippen LogP) is 2.69. The van der Waals surface area contributed by atoms with Crippen LogP contribution in [0.5, 0.6) is 11.5 Å². The third-order valence-corrected chi connectivity index (χ3v) is 2.91. The minimum absolute atomic E-state index is 0.0318. The molecule has 1 heterocycles. The summed E-state index contributed by atoms with van der Waals surface area (Å²) >= 11 is 1.47. The van der Waals surface area contributed by atoms with Crippen LogP contribution in [0.25, 0.3) is 0 Å². The van der Waals surface area contributed by atoms with Gasteiger partial charge in [0.05, 0.1) is 7.11 Å². The number of benzene rings is 1. The highest BCUT2D eigenvalue weighted by atomic mass is 32.1. The molecular weight excluding hydrogens is 224 g/mol. The summed E-state index contributed by atoms with van der Waals surface area (Å²) in [6, 6.07) is 6.35. The number of carbonyl (C=O) groups is 1. The molecule has 0 atom stereocenters. The summed E-state index contributed by atoms with van der Waals surface area (Å²) in [5.41, 5.74) is 1.16. The van der Waals surface area contributed by atoms with E-state index in [-0.39, 0.29) is 11.5 Å². The van der Waals surface area contributed by atoms with Crippen LogP contribution in [0.3, 0.4) is 0 Å². The van der Waals surface area contributed by atoms with E-state index in [0.29, 0.717) is 16.9 Å². The minimum Gasteiger partial charge on any atom is -0.504 e. The first-order valence-corrected chi connectivity index (χ1v) is 5.60. The van der Waals surface area contributed by atoms with Crippen molar-refractivity contribution in [3.8, 4) is 11.5 Å². The number of carbonyl (C=O) groups excluding carboxylic acids is 1. The van der Waals surface area contributed by atoms with Crippen LogP contribution in [0.15, 0.2) is 35.0 Å². The molecule has 1 aromatic carbocycles. The molecule has 0 bridgehead atoms. The van der Waals surface area contributed by atoms with Crippen molar-refractivity contribution in [3.05, 3.63) is 46.2 Å². The molecule has 4 heteroatoms. The van der Waals surface area contributed by atoms with Crippen molar-refractivity contribution in [1.82, 2.24) is 0 Å². The van der Waals surface area contributed by atoms with Gasteiger partial charge in [-0.25, -0.2) is 0 Å². The third kappa shape index (κ3) is 1.92. The lowest BCUT2D eigenvalue weighted by Crippen LogP contribution is -1.99. The summed E-state index contributed by atoms with van der Waals surface area (Å²) < 4.78 is 4.95. The van der Waals surface area contributed by atoms with E-state index in [9.17, 15) is 9.90 Å². The highest BCUT2D eigenvalue weighted by Crippen LogP contribution is 2.27. The summed E-state index contributed by atoms with van der Waals surface area (Å²) in [5.74, 6) is 0.269. The van der Waals surface area contributed by atoms with Crippen LogP contribution in [0.4, 0.5) is 0 Å². The molecule has 0 saturated heterocycles. The molecule has 2 rings (SSSR count). The Morgan fingerprint density at radius 1 is 1.31 bits per heavy atom. The number of ketones is 1. The number of thiophene rings is 1. The molecule has 16 heavy (non-hydrogen) atoms. The van der Waals surface area contributed by atoms with E-state index in [0.717, 1.165) is 0 Å². The summed E-state index contributed by atoms with van der Waals surface area (Å²) in [6.07, 6.45) is 0. The maximum Gasteiger partial charge on any atom is 0.193 e. The van der Waals surface area contributed by atoms with Crippen molar-refractivity contribution in [2.75, 3.05) is 7.11 Å². The maximum absolute atomic E-state index is 12.0. The average molecular weight is 234 g/mol. The van der Waals surface area contributed by atoms with Crippen molar-refractivity contribution in [3.63, 3.8) is 0 Å². The van der Waals surface area contributed by atoms with Gasteiger partial charge >= 0.3 is 0 Å². The number of phenols is 1. The first kappa shape index (κ1) is 10.7. The van der Waals surface area contributed by atoms with E-state index in [1.54, 1.807) is 17.5 Å². The maximum atomic E-state index is 12.0. The third-order valence-electron chi connectivity index (χ3n) is 2.23. The van der Waals surface area contributed by atoms with Crippen molar-refractivity contribution in [1.29, 1.82) is 0 Å². The Morgan fingerprint density at radius 2 is 2.12 bits per heavy atom. The predicted molar refractivity (Wildman–Crippen MR) is 62.4 cm³/mol. The standard InChI is InChI=1S/C12H10O3S/c1-15-11-6-8(2-3-10(11)13)12(14)9-4-5-16-7-9/h2-7,13H,1H3. The van der Waals surface area contributed by atoms with E-state index in [4.69, 9.17) is 4.74 Å². The average Bonchev–Trinajstić information content (AvgIpc) is 2.82. The van der Waals surface area contributed by atoms with Crippen LogP contribution >= 0.6 is 11.3 Å². The lowest BCUT2D eigenvalue weighted by Gasteiger charge is -2.05. The number of hydrogen-bond acceptors (Lipinski definition) is 4. The highest BCUT2D eigenvalue weighted by Gasteiger charge is 2.11. The van der Waals surface area contributed by atoms with Crippen LogP contribution in [-0.4, -0.2) is 18.0 Å². The number of hydrogen-bond donors (Lipinski definition) is 1. The van der Waals surface area contributed by atoms with Gasteiger partial charge in [-0.15, -0.1) is 0 Å². The number of phenolic OH excluding ortho intramolecular Hbond substituents is 1. The van der Waals surface area contributed by atoms with Gasteiger partial charge in [-0.1, -0.05) is 0 Å². The monoisotopic (exact) mass is 234 g/mol. The summed E-state index contributed by atoms with van der Waals surface area (Å²) in [6.45, 7) is 0. The van der Waals surface area contributed by atoms with Crippen LogP contribution in [0, 0.1) is 0 Å². The molecule has 0 spiro atoms. The summed E-state index contributed by atoms with van der Waals surface area (Å²) in [5, 5.41) is 13.1. The Labute approximate surface area is 96.9 Å². The number of ether oxygens (including phenoxy) is 1. The number of rotatable bonds is 3. The molecule has 1 N–H and O–H groups in total. The van der Waals surface area contributed by atoms with Gasteiger partial charge in [0.1, 0.15) is 0 Å². The Morgan fingerprint density at radius 3 is 2.75 bits per heavy atom. The van der Waals surface area contributed by atoms with Crippen LogP contribution in [0.1, 0.15) is 15.9 Å². The zero-order valence-corrected chi connectivity index (χ0v) is 9.45. The first-order chi connectivity index (χ1) is 7.72. The van der Waals surface area contributed by atoms with Crippen molar-refractivity contribution < 1.29 is 14.6 Å². The largest absolute Gasteiger partial charge is 0.504 e. The van der Waals surface area contributed by atoms with Gasteiger partial charge in [0, 0.05) is 16.5 Å². The van der Waals surface area contributed by atoms with Gasteiger partial charge < -0.3 is 9.84 Å². The quantitative estimate of drug-likeness (QED) is 0.830. The summed E-state index contributed by atoms with van der Waals surface area (Å²) in [4.78, 5) is 12.0. The second kappa shape index (κ2) is 4.37. The second-order valence-corrected chi connectivity index (χ2v) is 4.01. The molecule has 0 amide bonds. The molecule has 0 aliphatic heterocycles. The van der Waals surface area contributed by atoms with E-state index in [1.807, 2.05) is 5.38 Å². The van der Waals surface area contributed by atoms with E-state index in [1.165, 1.54) is 30.6 Å². The van der Waals surface area contributed by atoms with E-state index < -0.39 is 0 Å². The summed E-state index contributed by atoms with van der Waals surface area (Å²) in [7, 11) is 1.45. The molecule has 1 aromatic heterocycles. The highest BCUT2D eigenvalue weighted by molar-refractivity contribution is 7.08. The van der Waals surface area contributed by atoms with Gasteiger partial charge in [-0.3, -0.25) is 4.79 Å². The number of aromatic hydroxyl groups is 1. The molecule has 82 valence electrons. The molecule has 0 aliphatic carbocycles. The molecule has 2 aromatic rings. The van der Waals surface area contributed by atoms with Crippen molar-refractivity contribution in [2.24, 2.45) is 0 Å². The van der Waals surface area contributed by atoms with Gasteiger partial charge in [0.2, 0.25) is 0 Å². The van der Waals surface area contributed by atoms with Crippen molar-refractivity contribution in [2.45, 2.75) is 0 Å². The SMILES string of the molecule is COc1cc(C(=O)c2ccsc2)ccc1O. The van der Waals surface area contributed by atoms with E-state index in [2.05, 4.69) is 0 Å². The lowest BCUT2D eigenvalue weighted by molar-refractivity contribution is 0.103. The fourth-order valence-electron chi connectivity index (χ4n) is 1.38. The molecular formula is C12H10O3S. The minimum atomic E-state index is -0.0699. The zero-order chi connectivity index (χ0) is 11.5. The van der Waals surface area contributed by atoms with Crippen molar-refractivity contribution >= 4 is 17.1 Å². The van der Waals surface area contributed by atoms with Gasteiger partial charge in [-0.2, -0.15) is 11.3 Å². The van der Waals surface area contributed by atoms with Gasteiger partial charge in [-0.05, 0) is 29.6 Å². The molecule has 3 nitrogen and oxygen atoms in total. The first-order valence-electron chi connectivity index (χ1n) is 4.66. The topological polar surface area (TPSA) is 46.5 Å². The van der Waals surface area contributed by atoms with Gasteiger partial charge in [0.25, 0.3) is 0 Å². The Kier molecular flexibility index (Phi) is 2.92. The van der Waals surface area contributed by atoms with Gasteiger partial charge in [0.15, 0.2) is 17.3 Å². The zero-order valence-electron chi connectivity index (χ0n) is 8.64. The van der Waals surface area contributed by atoms with Crippen LogP contribution in [-0.2, 0) is 0 Å². The van der Waals surface area contributed by atoms with Crippen LogP contribution in [0.2, 0.25) is 0 Å². The van der Waals surface area contributed by atoms with E-state index >= 15 is 0 Å². The molecule has 0 radical (unpaired) electrons. The normalized spacial score (nSPS) is 10.1. The number of methoxy groups -OCH3 is 1. The fourth-order valence-corrected chi connectivity index (χ4v) is 2.02. The molecule has 0 aliphatic rings. The molecule has 0 unspecified atom stereocenters. The Bertz CT molecular complexity index is 503. The Hall–Kier alpha value is -1.81. The molecule has 0 saturated carbocycles. The smallest absolute Gasteiger partial charge is 0.193 e. The fraction of sp³-hybridized carbons (Fsp3) is 0.0833. The molecule has 0 fully saturated rings.